The largest absolute Gasteiger partial charge is 0.298 e. The third-order valence-corrected chi connectivity index (χ3v) is 3.79. The number of rotatable bonds is 1. The molecule has 1 heterocycles. The number of hydrogen-bond acceptors (Lipinski definition) is 2. The van der Waals surface area contributed by atoms with Crippen molar-refractivity contribution >= 4 is 43.6 Å². The van der Waals surface area contributed by atoms with Gasteiger partial charge >= 0.3 is 0 Å². The van der Waals surface area contributed by atoms with Crippen LogP contribution in [-0.2, 0) is 0 Å². The van der Waals surface area contributed by atoms with E-state index in [9.17, 15) is 4.79 Å². The van der Waals surface area contributed by atoms with E-state index in [1.165, 1.54) is 10.3 Å². The van der Waals surface area contributed by atoms with Gasteiger partial charge in [0, 0.05) is 20.1 Å². The maximum absolute atomic E-state index is 10.9. The monoisotopic (exact) mass is 254 g/mol. The van der Waals surface area contributed by atoms with Crippen LogP contribution in [0.4, 0.5) is 0 Å². The minimum Gasteiger partial charge on any atom is -0.298 e. The van der Waals surface area contributed by atoms with Crippen LogP contribution in [0.1, 0.15) is 15.9 Å². The van der Waals surface area contributed by atoms with E-state index >= 15 is 0 Å². The summed E-state index contributed by atoms with van der Waals surface area (Å²) in [5, 5.41) is 3.15. The highest BCUT2D eigenvalue weighted by Gasteiger charge is 2.08. The molecule has 0 spiro atoms. The maximum Gasteiger partial charge on any atom is 0.151 e. The van der Waals surface area contributed by atoms with Crippen molar-refractivity contribution < 1.29 is 4.79 Å². The zero-order valence-corrected chi connectivity index (χ0v) is 9.41. The van der Waals surface area contributed by atoms with Crippen LogP contribution >= 0.6 is 27.3 Å². The molecule has 1 aromatic carbocycles. The molecule has 1 nitrogen and oxygen atoms in total. The molecular formula is C10H7BrOS. The van der Waals surface area contributed by atoms with Crippen LogP contribution in [0.25, 0.3) is 10.1 Å². The molecule has 0 saturated carbocycles. The Kier molecular flexibility index (Phi) is 2.22. The summed E-state index contributed by atoms with van der Waals surface area (Å²) in [5.41, 5.74) is 1.93. The lowest BCUT2D eigenvalue weighted by Gasteiger charge is -1.99. The summed E-state index contributed by atoms with van der Waals surface area (Å²) in [6, 6.07) is 3.95. The molecule has 13 heavy (non-hydrogen) atoms. The molecule has 0 atom stereocenters. The standard InChI is InChI=1S/C10H7BrOS/c1-6-5-13-9-3-2-8(11)7(4-12)10(6)9/h2-5H,1H3. The van der Waals surface area contributed by atoms with Crippen molar-refractivity contribution in [1.82, 2.24) is 0 Å². The van der Waals surface area contributed by atoms with Crippen LogP contribution in [0, 0.1) is 6.92 Å². The molecule has 0 aliphatic carbocycles. The topological polar surface area (TPSA) is 17.1 Å². The average molecular weight is 255 g/mol. The molecule has 0 amide bonds. The first-order chi connectivity index (χ1) is 6.24. The molecular weight excluding hydrogens is 248 g/mol. The first-order valence-corrected chi connectivity index (χ1v) is 5.53. The number of halogens is 1. The first-order valence-electron chi connectivity index (χ1n) is 3.85. The van der Waals surface area contributed by atoms with Gasteiger partial charge in [0.1, 0.15) is 0 Å². The molecule has 0 aliphatic heterocycles. The first kappa shape index (κ1) is 8.91. The maximum atomic E-state index is 10.9. The number of carbonyl (C=O) groups is 1. The van der Waals surface area contributed by atoms with E-state index in [-0.39, 0.29) is 0 Å². The fourth-order valence-corrected chi connectivity index (χ4v) is 2.79. The SMILES string of the molecule is Cc1csc2ccc(Br)c(C=O)c12. The second kappa shape index (κ2) is 3.24. The van der Waals surface area contributed by atoms with Crippen LogP contribution in [0.2, 0.25) is 0 Å². The minimum atomic E-state index is 0.760. The van der Waals surface area contributed by atoms with E-state index in [1.807, 2.05) is 19.1 Å². The molecule has 0 unspecified atom stereocenters. The van der Waals surface area contributed by atoms with Crippen LogP contribution in [0.5, 0.6) is 0 Å². The van der Waals surface area contributed by atoms with E-state index in [2.05, 4.69) is 21.3 Å². The molecule has 0 radical (unpaired) electrons. The number of aryl methyl sites for hydroxylation is 1. The van der Waals surface area contributed by atoms with Crippen LogP contribution in [0.3, 0.4) is 0 Å². The van der Waals surface area contributed by atoms with E-state index in [4.69, 9.17) is 0 Å². The molecule has 3 heteroatoms. The van der Waals surface area contributed by atoms with Crippen molar-refractivity contribution in [3.63, 3.8) is 0 Å². The Morgan fingerprint density at radius 1 is 1.46 bits per heavy atom. The fourth-order valence-electron chi connectivity index (χ4n) is 1.41. The summed E-state index contributed by atoms with van der Waals surface area (Å²) in [6.45, 7) is 2.03. The van der Waals surface area contributed by atoms with Gasteiger partial charge in [0.15, 0.2) is 6.29 Å². The molecule has 0 saturated heterocycles. The van der Waals surface area contributed by atoms with Gasteiger partial charge in [-0.15, -0.1) is 11.3 Å². The number of aldehydes is 1. The summed E-state index contributed by atoms with van der Waals surface area (Å²) in [6.07, 6.45) is 0.909. The van der Waals surface area contributed by atoms with Gasteiger partial charge in [-0.25, -0.2) is 0 Å². The summed E-state index contributed by atoms with van der Waals surface area (Å²) in [5.74, 6) is 0. The van der Waals surface area contributed by atoms with Crippen molar-refractivity contribution in [2.24, 2.45) is 0 Å². The van der Waals surface area contributed by atoms with Crippen molar-refractivity contribution in [3.05, 3.63) is 33.1 Å². The Hall–Kier alpha value is -0.670. The molecule has 0 fully saturated rings. The van der Waals surface area contributed by atoms with E-state index in [0.29, 0.717) is 0 Å². The summed E-state index contributed by atoms with van der Waals surface area (Å²) in [4.78, 5) is 10.9. The molecule has 2 aromatic rings. The number of benzene rings is 1. The normalized spacial score (nSPS) is 10.6. The predicted octanol–water partition coefficient (Wildman–Crippen LogP) is 3.78. The van der Waals surface area contributed by atoms with E-state index in [1.54, 1.807) is 11.3 Å². The minimum absolute atomic E-state index is 0.760. The van der Waals surface area contributed by atoms with Gasteiger partial charge < -0.3 is 0 Å². The fraction of sp³-hybridized carbons (Fsp3) is 0.100. The smallest absolute Gasteiger partial charge is 0.151 e. The van der Waals surface area contributed by atoms with Crippen molar-refractivity contribution in [2.45, 2.75) is 6.92 Å². The lowest BCUT2D eigenvalue weighted by Crippen LogP contribution is -1.84. The summed E-state index contributed by atoms with van der Waals surface area (Å²) < 4.78 is 2.04. The van der Waals surface area contributed by atoms with Gasteiger partial charge in [-0.3, -0.25) is 4.79 Å². The Labute approximate surface area is 88.5 Å². The number of thiophene rings is 1. The van der Waals surface area contributed by atoms with Gasteiger partial charge in [-0.05, 0) is 30.0 Å². The molecule has 0 N–H and O–H groups in total. The van der Waals surface area contributed by atoms with Crippen LogP contribution in [-0.4, -0.2) is 6.29 Å². The lowest BCUT2D eigenvalue weighted by molar-refractivity contribution is 0.112. The molecule has 0 bridgehead atoms. The zero-order chi connectivity index (χ0) is 9.42. The second-order valence-electron chi connectivity index (χ2n) is 2.87. The van der Waals surface area contributed by atoms with Crippen molar-refractivity contribution in [1.29, 1.82) is 0 Å². The molecule has 66 valence electrons. The highest BCUT2D eigenvalue weighted by molar-refractivity contribution is 9.10. The van der Waals surface area contributed by atoms with Gasteiger partial charge in [0.25, 0.3) is 0 Å². The molecule has 0 aliphatic rings. The number of hydrogen-bond donors (Lipinski definition) is 0. The third kappa shape index (κ3) is 1.32. The Morgan fingerprint density at radius 2 is 2.23 bits per heavy atom. The lowest BCUT2D eigenvalue weighted by atomic mass is 10.1. The number of carbonyl (C=O) groups excluding carboxylic acids is 1. The summed E-state index contributed by atoms with van der Waals surface area (Å²) >= 11 is 5.04. The second-order valence-corrected chi connectivity index (χ2v) is 4.64. The van der Waals surface area contributed by atoms with Gasteiger partial charge in [-0.2, -0.15) is 0 Å². The van der Waals surface area contributed by atoms with Gasteiger partial charge in [0.2, 0.25) is 0 Å². The van der Waals surface area contributed by atoms with Crippen molar-refractivity contribution in [3.8, 4) is 0 Å². The van der Waals surface area contributed by atoms with Gasteiger partial charge in [0.05, 0.1) is 0 Å². The highest BCUT2D eigenvalue weighted by Crippen LogP contribution is 2.31. The zero-order valence-electron chi connectivity index (χ0n) is 7.00. The third-order valence-electron chi connectivity index (χ3n) is 2.03. The molecule has 1 aromatic heterocycles. The Morgan fingerprint density at radius 3 is 2.92 bits per heavy atom. The van der Waals surface area contributed by atoms with Crippen LogP contribution < -0.4 is 0 Å². The summed E-state index contributed by atoms with van der Waals surface area (Å²) in [7, 11) is 0. The Bertz CT molecular complexity index is 473. The quantitative estimate of drug-likeness (QED) is 0.708. The van der Waals surface area contributed by atoms with E-state index < -0.39 is 0 Å². The van der Waals surface area contributed by atoms with Crippen molar-refractivity contribution in [2.75, 3.05) is 0 Å². The molecule has 2 rings (SSSR count). The van der Waals surface area contributed by atoms with Gasteiger partial charge in [-0.1, -0.05) is 15.9 Å². The average Bonchev–Trinajstić information content (AvgIpc) is 2.49. The highest BCUT2D eigenvalue weighted by atomic mass is 79.9. The Balaban J connectivity index is 2.96. The predicted molar refractivity (Wildman–Crippen MR) is 59.6 cm³/mol. The van der Waals surface area contributed by atoms with E-state index in [0.717, 1.165) is 21.7 Å². The van der Waals surface area contributed by atoms with Crippen LogP contribution in [0.15, 0.2) is 22.0 Å². The number of fused-ring (bicyclic) bond motifs is 1.